The Morgan fingerprint density at radius 3 is 2.37 bits per heavy atom. The van der Waals surface area contributed by atoms with Crippen molar-refractivity contribution >= 4 is 35.6 Å². The number of ether oxygens (including phenoxy) is 3. The summed E-state index contributed by atoms with van der Waals surface area (Å²) in [7, 11) is 1.30. The third kappa shape index (κ3) is 6.57. The zero-order valence-corrected chi connectivity index (χ0v) is 19.4. The highest BCUT2D eigenvalue weighted by Gasteiger charge is 2.30. The number of carbonyl (C=O) groups excluding carboxylic acids is 4. The summed E-state index contributed by atoms with van der Waals surface area (Å²) in [5, 5.41) is 3.76. The molecule has 1 amide bonds. The molecule has 2 N–H and O–H groups in total. The summed E-state index contributed by atoms with van der Waals surface area (Å²) in [6.45, 7) is 0.570. The predicted molar refractivity (Wildman–Crippen MR) is 117 cm³/mol. The minimum atomic E-state index is -0.820. The number of hydrogen-bond acceptors (Lipinski definition) is 11. The van der Waals surface area contributed by atoms with E-state index < -0.39 is 30.6 Å². The van der Waals surface area contributed by atoms with Gasteiger partial charge in [0.15, 0.2) is 5.16 Å². The number of carbonyl (C=O) groups is 4. The van der Waals surface area contributed by atoms with Gasteiger partial charge in [0.1, 0.15) is 23.3 Å². The van der Waals surface area contributed by atoms with Gasteiger partial charge in [-0.05, 0) is 41.0 Å². The van der Waals surface area contributed by atoms with Crippen LogP contribution < -0.4 is 20.2 Å². The molecular weight excluding hydrogens is 482 g/mol. The molecule has 0 saturated carbocycles. The zero-order valence-electron chi connectivity index (χ0n) is 18.6. The summed E-state index contributed by atoms with van der Waals surface area (Å²) in [5.74, 6) is -2.58. The van der Waals surface area contributed by atoms with E-state index in [1.807, 2.05) is 0 Å². The first kappa shape index (κ1) is 25.2. The maximum absolute atomic E-state index is 12.2. The quantitative estimate of drug-likeness (QED) is 0.184. The van der Waals surface area contributed by atoms with Crippen molar-refractivity contribution in [1.29, 1.82) is 0 Å². The monoisotopic (exact) mass is 502 g/mol. The number of para-hydroxylation sites is 1. The number of aromatic nitrogens is 2. The molecule has 0 saturated heterocycles. The van der Waals surface area contributed by atoms with Crippen molar-refractivity contribution < 1.29 is 47.8 Å². The Bertz CT molecular complexity index is 1240. The molecule has 12 nitrogen and oxygen atoms in total. The fraction of sp³-hybridized carbons (Fsp3) is 0.182. The minimum Gasteiger partial charge on any atom is -0.426 e. The molecule has 1 heterocycles. The molecule has 0 bridgehead atoms. The van der Waals surface area contributed by atoms with Crippen LogP contribution in [0.5, 0.6) is 5.75 Å². The van der Waals surface area contributed by atoms with E-state index in [4.69, 9.17) is 29.4 Å². The van der Waals surface area contributed by atoms with Crippen LogP contribution in [0.4, 0.5) is 0 Å². The van der Waals surface area contributed by atoms with Crippen LogP contribution in [-0.2, 0) is 20.0 Å². The van der Waals surface area contributed by atoms with Gasteiger partial charge in [-0.15, -0.1) is 11.8 Å². The molecule has 0 fully saturated rings. The number of esters is 3. The Kier molecular flexibility index (Phi) is 8.40. The van der Waals surface area contributed by atoms with Gasteiger partial charge in [0.05, 0.1) is 11.3 Å². The average molecular weight is 502 g/mol. The number of thioether (sulfide) groups is 1. The summed E-state index contributed by atoms with van der Waals surface area (Å²) < 4.78 is 19.8. The van der Waals surface area contributed by atoms with Crippen LogP contribution in [0.2, 0.25) is 0 Å². The maximum Gasteiger partial charge on any atom is 0.344 e. The summed E-state index contributed by atoms with van der Waals surface area (Å²) >= 11 is 1.32. The van der Waals surface area contributed by atoms with Crippen LogP contribution in [0, 0.1) is 0 Å². The van der Waals surface area contributed by atoms with Gasteiger partial charge in [-0.3, -0.25) is 9.59 Å². The van der Waals surface area contributed by atoms with E-state index in [0.29, 0.717) is 5.69 Å². The van der Waals surface area contributed by atoms with Gasteiger partial charge in [-0.1, -0.05) is 12.1 Å². The smallest absolute Gasteiger partial charge is 0.344 e. The Hall–Kier alpha value is -4.39. The molecule has 182 valence electrons. The molecule has 0 spiro atoms. The van der Waals surface area contributed by atoms with Crippen LogP contribution in [0.25, 0.3) is 0 Å². The van der Waals surface area contributed by atoms with Crippen LogP contribution in [0.1, 0.15) is 43.8 Å². The largest absolute Gasteiger partial charge is 0.426 e. The standard InChI is InChI=1S/C22H19N3O9S/c1-13(26)33-18-6-4-3-5-16(18)22(29)32-12-31-21(28)14-7-9-15(10-8-14)35-11-17-19(20(23)27)25(30-2)34-24-17/h3-10H,11-12H2,1-2H3,(H-,23,27)/p+1. The van der Waals surface area contributed by atoms with E-state index in [0.717, 1.165) is 9.80 Å². The van der Waals surface area contributed by atoms with E-state index in [-0.39, 0.29) is 28.3 Å². The van der Waals surface area contributed by atoms with Crippen molar-refractivity contribution in [1.82, 2.24) is 5.16 Å². The number of hydrogen-bond donors (Lipinski definition) is 1. The molecule has 0 aliphatic heterocycles. The van der Waals surface area contributed by atoms with Gasteiger partial charge in [-0.2, -0.15) is 0 Å². The first-order chi connectivity index (χ1) is 16.8. The van der Waals surface area contributed by atoms with Crippen LogP contribution in [-0.4, -0.2) is 42.9 Å². The van der Waals surface area contributed by atoms with Gasteiger partial charge in [0.2, 0.25) is 6.79 Å². The van der Waals surface area contributed by atoms with Gasteiger partial charge < -0.3 is 24.8 Å². The lowest BCUT2D eigenvalue weighted by molar-refractivity contribution is -1.02. The first-order valence-electron chi connectivity index (χ1n) is 9.90. The van der Waals surface area contributed by atoms with Crippen molar-refractivity contribution in [3.8, 4) is 5.75 Å². The summed E-state index contributed by atoms with van der Waals surface area (Å²) in [5.41, 5.74) is 5.85. The Balaban J connectivity index is 1.52. The number of amides is 1. The van der Waals surface area contributed by atoms with Crippen LogP contribution >= 0.6 is 11.8 Å². The minimum absolute atomic E-state index is 0.00905. The Labute approximate surface area is 202 Å². The van der Waals surface area contributed by atoms with Gasteiger partial charge >= 0.3 is 29.5 Å². The summed E-state index contributed by atoms with van der Waals surface area (Å²) in [6.07, 6.45) is 0. The lowest BCUT2D eigenvalue weighted by atomic mass is 10.2. The fourth-order valence-electron chi connectivity index (χ4n) is 2.74. The molecule has 0 atom stereocenters. The molecule has 13 heteroatoms. The molecule has 0 aliphatic rings. The highest BCUT2D eigenvalue weighted by Crippen LogP contribution is 2.23. The topological polar surface area (TPSA) is 161 Å². The van der Waals surface area contributed by atoms with Crippen molar-refractivity contribution in [2.24, 2.45) is 5.73 Å². The van der Waals surface area contributed by atoms with E-state index in [9.17, 15) is 19.2 Å². The van der Waals surface area contributed by atoms with Crippen molar-refractivity contribution in [2.75, 3.05) is 13.9 Å². The molecule has 3 rings (SSSR count). The SMILES string of the molecule is CO[n+]1onc(CSc2ccc(C(=O)OCOC(=O)c3ccccc3OC(C)=O)cc2)c1C(N)=O. The highest BCUT2D eigenvalue weighted by molar-refractivity contribution is 7.98. The zero-order chi connectivity index (χ0) is 25.4. The fourth-order valence-corrected chi connectivity index (χ4v) is 3.56. The molecular formula is C22H20N3O9S+. The van der Waals surface area contributed by atoms with Crippen molar-refractivity contribution in [3.05, 3.63) is 71.0 Å². The number of nitrogens with two attached hydrogens (primary N) is 1. The first-order valence-corrected chi connectivity index (χ1v) is 10.9. The van der Waals surface area contributed by atoms with E-state index in [1.54, 1.807) is 24.3 Å². The second-order valence-corrected chi connectivity index (χ2v) is 7.71. The highest BCUT2D eigenvalue weighted by atomic mass is 32.2. The molecule has 1 aromatic heterocycles. The summed E-state index contributed by atoms with van der Waals surface area (Å²) in [6, 6.07) is 12.4. The lowest BCUT2D eigenvalue weighted by Gasteiger charge is -2.09. The Morgan fingerprint density at radius 1 is 1.03 bits per heavy atom. The Morgan fingerprint density at radius 2 is 1.71 bits per heavy atom. The van der Waals surface area contributed by atoms with E-state index in [2.05, 4.69) is 5.16 Å². The third-order valence-corrected chi connectivity index (χ3v) is 5.31. The molecule has 0 aliphatic carbocycles. The second kappa shape index (κ2) is 11.7. The van der Waals surface area contributed by atoms with Gasteiger partial charge in [0.25, 0.3) is 5.69 Å². The van der Waals surface area contributed by atoms with Crippen LogP contribution in [0.15, 0.2) is 58.1 Å². The van der Waals surface area contributed by atoms with Crippen LogP contribution in [0.3, 0.4) is 0 Å². The molecule has 0 radical (unpaired) electrons. The summed E-state index contributed by atoms with van der Waals surface area (Å²) in [4.78, 5) is 53.6. The third-order valence-electron chi connectivity index (χ3n) is 4.29. The molecule has 2 aromatic carbocycles. The maximum atomic E-state index is 12.2. The van der Waals surface area contributed by atoms with Crippen molar-refractivity contribution in [2.45, 2.75) is 17.6 Å². The number of primary amides is 1. The van der Waals surface area contributed by atoms with Gasteiger partial charge in [0, 0.05) is 11.8 Å². The normalized spacial score (nSPS) is 10.3. The molecule has 0 unspecified atom stereocenters. The average Bonchev–Trinajstić information content (AvgIpc) is 3.26. The van der Waals surface area contributed by atoms with E-state index in [1.165, 1.54) is 50.1 Å². The van der Waals surface area contributed by atoms with Gasteiger partial charge in [-0.25, -0.2) is 9.59 Å². The van der Waals surface area contributed by atoms with E-state index >= 15 is 0 Å². The lowest BCUT2D eigenvalue weighted by Crippen LogP contribution is -2.45. The molecule has 3 aromatic rings. The predicted octanol–water partition coefficient (Wildman–Crippen LogP) is 1.31. The van der Waals surface area contributed by atoms with Crippen molar-refractivity contribution in [3.63, 3.8) is 0 Å². The second-order valence-electron chi connectivity index (χ2n) is 6.66. The number of nitrogens with zero attached hydrogens (tertiary/aromatic N) is 2. The number of benzene rings is 2. The molecule has 35 heavy (non-hydrogen) atoms. The number of rotatable bonds is 10.